The summed E-state index contributed by atoms with van der Waals surface area (Å²) in [6.07, 6.45) is 3.37. The summed E-state index contributed by atoms with van der Waals surface area (Å²) in [6.45, 7) is 4.58. The number of hydrogen-bond acceptors (Lipinski definition) is 3. The number of carbonyl (C=O) groups excluding carboxylic acids is 1. The van der Waals surface area contributed by atoms with Crippen LogP contribution in [-0.4, -0.2) is 24.0 Å². The van der Waals surface area contributed by atoms with Crippen molar-refractivity contribution in [2.24, 2.45) is 0 Å². The van der Waals surface area contributed by atoms with Crippen molar-refractivity contribution in [3.05, 3.63) is 83.9 Å². The fourth-order valence-electron chi connectivity index (χ4n) is 2.36. The molecule has 0 unspecified atom stereocenters. The molecular weight excluding hydrogens is 286 g/mol. The minimum atomic E-state index is -0.285. The van der Waals surface area contributed by atoms with Crippen LogP contribution in [0.5, 0.6) is 0 Å². The fraction of sp³-hybridized carbons (Fsp3) is 0.250. The van der Waals surface area contributed by atoms with E-state index in [0.29, 0.717) is 13.2 Å². The van der Waals surface area contributed by atoms with Crippen molar-refractivity contribution in [2.45, 2.75) is 20.0 Å². The predicted molar refractivity (Wildman–Crippen MR) is 92.8 cm³/mol. The lowest BCUT2D eigenvalue weighted by Crippen LogP contribution is -2.23. The van der Waals surface area contributed by atoms with Gasteiger partial charge in [-0.3, -0.25) is 4.90 Å². The van der Waals surface area contributed by atoms with E-state index in [-0.39, 0.29) is 5.97 Å². The molecule has 0 aliphatic heterocycles. The summed E-state index contributed by atoms with van der Waals surface area (Å²) >= 11 is 0. The number of nitrogens with zero attached hydrogens (tertiary/aromatic N) is 1. The summed E-state index contributed by atoms with van der Waals surface area (Å²) in [7, 11) is 0. The van der Waals surface area contributed by atoms with Crippen molar-refractivity contribution in [1.29, 1.82) is 0 Å². The second-order valence-corrected chi connectivity index (χ2v) is 5.30. The number of ether oxygens (including phenoxy) is 1. The van der Waals surface area contributed by atoms with Crippen molar-refractivity contribution >= 4 is 5.97 Å². The first kappa shape index (κ1) is 17.0. The highest BCUT2D eigenvalue weighted by molar-refractivity contribution is 5.81. The van der Waals surface area contributed by atoms with Crippen molar-refractivity contribution in [3.8, 4) is 0 Å². The largest absolute Gasteiger partial charge is 0.463 e. The minimum Gasteiger partial charge on any atom is -0.463 e. The first-order chi connectivity index (χ1) is 11.3. The van der Waals surface area contributed by atoms with Gasteiger partial charge in [0, 0.05) is 25.7 Å². The van der Waals surface area contributed by atoms with Crippen LogP contribution in [0.15, 0.2) is 72.8 Å². The molecule has 0 atom stereocenters. The Labute approximate surface area is 138 Å². The lowest BCUT2D eigenvalue weighted by atomic mass is 10.1. The molecule has 0 aliphatic carbocycles. The van der Waals surface area contributed by atoms with E-state index in [1.807, 2.05) is 49.4 Å². The van der Waals surface area contributed by atoms with Gasteiger partial charge in [-0.1, -0.05) is 66.7 Å². The van der Waals surface area contributed by atoms with E-state index in [2.05, 4.69) is 29.2 Å². The van der Waals surface area contributed by atoms with Crippen LogP contribution in [0.1, 0.15) is 18.1 Å². The first-order valence-corrected chi connectivity index (χ1v) is 7.91. The topological polar surface area (TPSA) is 29.5 Å². The molecule has 0 bridgehead atoms. The summed E-state index contributed by atoms with van der Waals surface area (Å²) < 4.78 is 4.92. The van der Waals surface area contributed by atoms with E-state index in [1.165, 1.54) is 17.2 Å². The maximum Gasteiger partial charge on any atom is 0.330 e. The Balaban J connectivity index is 2.00. The van der Waals surface area contributed by atoms with E-state index in [4.69, 9.17) is 4.74 Å². The molecule has 2 aromatic carbocycles. The molecule has 0 saturated carbocycles. The molecule has 0 aromatic heterocycles. The zero-order valence-electron chi connectivity index (χ0n) is 13.5. The summed E-state index contributed by atoms with van der Waals surface area (Å²) in [5.41, 5.74) is 2.51. The van der Waals surface area contributed by atoms with Gasteiger partial charge < -0.3 is 4.74 Å². The van der Waals surface area contributed by atoms with Crippen molar-refractivity contribution in [1.82, 2.24) is 4.90 Å². The van der Waals surface area contributed by atoms with Gasteiger partial charge in [-0.25, -0.2) is 4.79 Å². The Hall–Kier alpha value is -2.39. The third-order valence-corrected chi connectivity index (χ3v) is 3.40. The number of rotatable bonds is 8. The van der Waals surface area contributed by atoms with Crippen molar-refractivity contribution in [3.63, 3.8) is 0 Å². The predicted octanol–water partition coefficient (Wildman–Crippen LogP) is 3.81. The lowest BCUT2D eigenvalue weighted by Gasteiger charge is -2.21. The maximum atomic E-state index is 11.4. The maximum absolute atomic E-state index is 11.4. The molecule has 23 heavy (non-hydrogen) atoms. The molecule has 2 rings (SSSR count). The van der Waals surface area contributed by atoms with E-state index < -0.39 is 0 Å². The van der Waals surface area contributed by atoms with Gasteiger partial charge >= 0.3 is 5.97 Å². The SMILES string of the molecule is CCOC(=O)/C=C/CN(Cc1ccccc1)Cc1ccccc1. The number of esters is 1. The van der Waals surface area contributed by atoms with E-state index in [9.17, 15) is 4.79 Å². The Morgan fingerprint density at radius 3 is 1.96 bits per heavy atom. The van der Waals surface area contributed by atoms with Crippen LogP contribution in [0.4, 0.5) is 0 Å². The first-order valence-electron chi connectivity index (χ1n) is 7.91. The van der Waals surface area contributed by atoms with Gasteiger partial charge in [-0.15, -0.1) is 0 Å². The second kappa shape index (κ2) is 9.59. The van der Waals surface area contributed by atoms with Gasteiger partial charge in [0.1, 0.15) is 0 Å². The summed E-state index contributed by atoms with van der Waals surface area (Å²) in [5.74, 6) is -0.285. The highest BCUT2D eigenvalue weighted by Gasteiger charge is 2.06. The molecule has 0 heterocycles. The number of benzene rings is 2. The number of hydrogen-bond donors (Lipinski definition) is 0. The van der Waals surface area contributed by atoms with Gasteiger partial charge in [-0.2, -0.15) is 0 Å². The average Bonchev–Trinajstić information content (AvgIpc) is 2.57. The molecule has 3 nitrogen and oxygen atoms in total. The molecule has 3 heteroatoms. The Bertz CT molecular complexity index is 567. The Morgan fingerprint density at radius 1 is 0.957 bits per heavy atom. The molecule has 0 spiro atoms. The summed E-state index contributed by atoms with van der Waals surface area (Å²) in [5, 5.41) is 0. The number of carbonyl (C=O) groups is 1. The molecule has 0 aliphatic rings. The van der Waals surface area contributed by atoms with Crippen LogP contribution < -0.4 is 0 Å². The Morgan fingerprint density at radius 2 is 1.48 bits per heavy atom. The molecule has 0 saturated heterocycles. The Kier molecular flexibility index (Phi) is 7.08. The molecular formula is C20H23NO2. The molecule has 2 aromatic rings. The molecule has 0 radical (unpaired) electrons. The van der Waals surface area contributed by atoms with Crippen LogP contribution in [0, 0.1) is 0 Å². The van der Waals surface area contributed by atoms with Crippen molar-refractivity contribution < 1.29 is 9.53 Å². The van der Waals surface area contributed by atoms with E-state index in [1.54, 1.807) is 0 Å². The van der Waals surface area contributed by atoms with Gasteiger partial charge in [-0.05, 0) is 18.1 Å². The zero-order chi connectivity index (χ0) is 16.3. The molecule has 120 valence electrons. The van der Waals surface area contributed by atoms with Crippen LogP contribution in [-0.2, 0) is 22.6 Å². The normalized spacial score (nSPS) is 11.0. The molecule has 0 N–H and O–H groups in total. The standard InChI is InChI=1S/C20H23NO2/c1-2-23-20(22)14-9-15-21(16-18-10-5-3-6-11-18)17-19-12-7-4-8-13-19/h3-14H,2,15-17H2,1H3/b14-9+. The average molecular weight is 309 g/mol. The fourth-order valence-corrected chi connectivity index (χ4v) is 2.36. The minimum absolute atomic E-state index is 0.285. The van der Waals surface area contributed by atoms with Crippen LogP contribution in [0.2, 0.25) is 0 Å². The third kappa shape index (κ3) is 6.49. The van der Waals surface area contributed by atoms with Gasteiger partial charge in [0.25, 0.3) is 0 Å². The smallest absolute Gasteiger partial charge is 0.330 e. The summed E-state index contributed by atoms with van der Waals surface area (Å²) in [6, 6.07) is 20.7. The van der Waals surface area contributed by atoms with Crippen LogP contribution in [0.3, 0.4) is 0 Å². The van der Waals surface area contributed by atoms with Gasteiger partial charge in [0.15, 0.2) is 0 Å². The highest BCUT2D eigenvalue weighted by Crippen LogP contribution is 2.10. The van der Waals surface area contributed by atoms with Crippen LogP contribution in [0.25, 0.3) is 0 Å². The summed E-state index contributed by atoms with van der Waals surface area (Å²) in [4.78, 5) is 13.7. The quantitative estimate of drug-likeness (QED) is 0.548. The zero-order valence-corrected chi connectivity index (χ0v) is 13.5. The molecule has 0 amide bonds. The second-order valence-electron chi connectivity index (χ2n) is 5.30. The van der Waals surface area contributed by atoms with Gasteiger partial charge in [0.2, 0.25) is 0 Å². The van der Waals surface area contributed by atoms with E-state index in [0.717, 1.165) is 13.1 Å². The monoisotopic (exact) mass is 309 g/mol. The lowest BCUT2D eigenvalue weighted by molar-refractivity contribution is -0.137. The highest BCUT2D eigenvalue weighted by atomic mass is 16.5. The van der Waals surface area contributed by atoms with Crippen LogP contribution >= 0.6 is 0 Å². The van der Waals surface area contributed by atoms with Gasteiger partial charge in [0.05, 0.1) is 6.61 Å². The molecule has 0 fully saturated rings. The third-order valence-electron chi connectivity index (χ3n) is 3.40. The van der Waals surface area contributed by atoms with Crippen molar-refractivity contribution in [2.75, 3.05) is 13.2 Å². The van der Waals surface area contributed by atoms with E-state index >= 15 is 0 Å².